The maximum absolute atomic E-state index is 11.9. The van der Waals surface area contributed by atoms with Gasteiger partial charge in [-0.05, 0) is 32.1 Å². The summed E-state index contributed by atoms with van der Waals surface area (Å²) in [6, 6.07) is 0. The van der Waals surface area contributed by atoms with Gasteiger partial charge in [-0.2, -0.15) is 0 Å². The maximum atomic E-state index is 11.9. The summed E-state index contributed by atoms with van der Waals surface area (Å²) in [7, 11) is 0. The van der Waals surface area contributed by atoms with E-state index >= 15 is 0 Å². The lowest BCUT2D eigenvalue weighted by Crippen LogP contribution is -2.44. The standard InChI is InChI=1S/C19H34N6O4/c20-18(21)24-8-2-4-14(10-24)12-28-16(26)6-1-7-17(27)29-13-15-5-3-9-25(11-15)19(22)23/h14-15H,1-13H2,(H3,20,21)(H3,22,23). The smallest absolute Gasteiger partial charge is 0.305 e. The quantitative estimate of drug-likeness (QED) is 0.255. The Morgan fingerprint density at radius 1 is 0.828 bits per heavy atom. The van der Waals surface area contributed by atoms with Crippen molar-refractivity contribution in [2.75, 3.05) is 39.4 Å². The number of carbonyl (C=O) groups is 2. The molecule has 2 rings (SSSR count). The van der Waals surface area contributed by atoms with Crippen LogP contribution in [0, 0.1) is 22.7 Å². The molecule has 6 N–H and O–H groups in total. The Kier molecular flexibility index (Phi) is 9.01. The molecule has 2 saturated heterocycles. The lowest BCUT2D eigenvalue weighted by atomic mass is 9.99. The van der Waals surface area contributed by atoms with Crippen LogP contribution in [0.1, 0.15) is 44.9 Å². The van der Waals surface area contributed by atoms with Gasteiger partial charge in [0.1, 0.15) is 0 Å². The van der Waals surface area contributed by atoms with Crippen molar-refractivity contribution in [2.45, 2.75) is 44.9 Å². The van der Waals surface area contributed by atoms with E-state index in [0.717, 1.165) is 38.8 Å². The van der Waals surface area contributed by atoms with Crippen molar-refractivity contribution in [3.05, 3.63) is 0 Å². The van der Waals surface area contributed by atoms with E-state index in [9.17, 15) is 9.59 Å². The molecule has 0 spiro atoms. The second-order valence-corrected chi connectivity index (χ2v) is 7.90. The molecule has 0 bridgehead atoms. The fourth-order valence-corrected chi connectivity index (χ4v) is 3.78. The first-order chi connectivity index (χ1) is 13.8. The molecular weight excluding hydrogens is 376 g/mol. The Morgan fingerprint density at radius 3 is 1.62 bits per heavy atom. The Bertz CT molecular complexity index is 549. The van der Waals surface area contributed by atoms with Crippen molar-refractivity contribution in [3.63, 3.8) is 0 Å². The summed E-state index contributed by atoms with van der Waals surface area (Å²) in [6.07, 6.45) is 4.51. The average molecular weight is 411 g/mol. The Labute approximate surface area is 171 Å². The summed E-state index contributed by atoms with van der Waals surface area (Å²) in [4.78, 5) is 27.4. The van der Waals surface area contributed by atoms with Gasteiger partial charge in [0.05, 0.1) is 13.2 Å². The first-order valence-corrected chi connectivity index (χ1v) is 10.3. The number of nitrogens with zero attached hydrogens (tertiary/aromatic N) is 2. The Morgan fingerprint density at radius 2 is 1.24 bits per heavy atom. The summed E-state index contributed by atoms with van der Waals surface area (Å²) in [6.45, 7) is 3.46. The lowest BCUT2D eigenvalue weighted by Gasteiger charge is -2.32. The van der Waals surface area contributed by atoms with Gasteiger partial charge in [-0.1, -0.05) is 0 Å². The molecule has 0 radical (unpaired) electrons. The second kappa shape index (κ2) is 11.5. The SMILES string of the molecule is N=C(N)N1CCCC(COC(=O)CCCC(=O)OCC2CCCN(C(=N)N)C2)C1. The van der Waals surface area contributed by atoms with Gasteiger partial charge in [0.25, 0.3) is 0 Å². The zero-order valence-corrected chi connectivity index (χ0v) is 17.0. The molecule has 2 aliphatic heterocycles. The summed E-state index contributed by atoms with van der Waals surface area (Å²) in [5.41, 5.74) is 11.0. The first-order valence-electron chi connectivity index (χ1n) is 10.3. The zero-order valence-electron chi connectivity index (χ0n) is 17.0. The molecular formula is C19H34N6O4. The van der Waals surface area contributed by atoms with Gasteiger partial charge in [0.2, 0.25) is 0 Å². The van der Waals surface area contributed by atoms with Crippen LogP contribution in [-0.4, -0.2) is 73.1 Å². The van der Waals surface area contributed by atoms with Crippen molar-refractivity contribution in [2.24, 2.45) is 23.3 Å². The van der Waals surface area contributed by atoms with Gasteiger partial charge in [0.15, 0.2) is 11.9 Å². The molecule has 29 heavy (non-hydrogen) atoms. The number of hydrogen-bond acceptors (Lipinski definition) is 6. The number of ether oxygens (including phenoxy) is 2. The van der Waals surface area contributed by atoms with E-state index in [-0.39, 0.29) is 48.5 Å². The molecule has 10 nitrogen and oxygen atoms in total. The van der Waals surface area contributed by atoms with Gasteiger partial charge in [0, 0.05) is 50.9 Å². The summed E-state index contributed by atoms with van der Waals surface area (Å²) >= 11 is 0. The number of nitrogens with one attached hydrogen (secondary N) is 2. The summed E-state index contributed by atoms with van der Waals surface area (Å²) in [5.74, 6) is -0.147. The monoisotopic (exact) mass is 410 g/mol. The topological polar surface area (TPSA) is 159 Å². The number of piperidine rings is 2. The third kappa shape index (κ3) is 8.16. The number of guanidine groups is 2. The molecule has 164 valence electrons. The summed E-state index contributed by atoms with van der Waals surface area (Å²) < 4.78 is 10.6. The molecule has 2 aliphatic rings. The van der Waals surface area contributed by atoms with E-state index < -0.39 is 0 Å². The van der Waals surface area contributed by atoms with Crippen LogP contribution >= 0.6 is 0 Å². The molecule has 0 aromatic rings. The van der Waals surface area contributed by atoms with E-state index in [2.05, 4.69) is 0 Å². The highest BCUT2D eigenvalue weighted by Gasteiger charge is 2.23. The highest BCUT2D eigenvalue weighted by molar-refractivity contribution is 5.75. The third-order valence-electron chi connectivity index (χ3n) is 5.44. The minimum absolute atomic E-state index is 0.0572. The van der Waals surface area contributed by atoms with Crippen molar-refractivity contribution < 1.29 is 19.1 Å². The third-order valence-corrected chi connectivity index (χ3v) is 5.44. The largest absolute Gasteiger partial charge is 0.465 e. The molecule has 0 aliphatic carbocycles. The van der Waals surface area contributed by atoms with Gasteiger partial charge >= 0.3 is 11.9 Å². The van der Waals surface area contributed by atoms with Crippen LogP contribution in [-0.2, 0) is 19.1 Å². The highest BCUT2D eigenvalue weighted by Crippen LogP contribution is 2.18. The van der Waals surface area contributed by atoms with Crippen LogP contribution in [0.25, 0.3) is 0 Å². The maximum Gasteiger partial charge on any atom is 0.305 e. The molecule has 0 saturated carbocycles. The molecule has 2 atom stereocenters. The molecule has 0 amide bonds. The van der Waals surface area contributed by atoms with Crippen LogP contribution < -0.4 is 11.5 Å². The van der Waals surface area contributed by atoms with E-state index in [4.69, 9.17) is 31.8 Å². The van der Waals surface area contributed by atoms with Crippen LogP contribution in [0.3, 0.4) is 0 Å². The van der Waals surface area contributed by atoms with E-state index in [1.165, 1.54) is 0 Å². The number of likely N-dealkylation sites (tertiary alicyclic amines) is 2. The predicted molar refractivity (Wildman–Crippen MR) is 108 cm³/mol. The van der Waals surface area contributed by atoms with Crippen LogP contribution in [0.2, 0.25) is 0 Å². The van der Waals surface area contributed by atoms with Crippen molar-refractivity contribution in [1.82, 2.24) is 9.80 Å². The molecule has 0 aromatic heterocycles. The first kappa shape index (κ1) is 22.8. The number of hydrogen-bond donors (Lipinski definition) is 4. The molecule has 2 fully saturated rings. The molecule has 2 unspecified atom stereocenters. The molecule has 10 heteroatoms. The van der Waals surface area contributed by atoms with E-state index in [0.29, 0.717) is 32.7 Å². The number of nitrogens with two attached hydrogens (primary N) is 2. The van der Waals surface area contributed by atoms with Crippen molar-refractivity contribution in [3.8, 4) is 0 Å². The lowest BCUT2D eigenvalue weighted by molar-refractivity contribution is -0.147. The van der Waals surface area contributed by atoms with Crippen molar-refractivity contribution >= 4 is 23.9 Å². The van der Waals surface area contributed by atoms with E-state index in [1.807, 2.05) is 0 Å². The number of esters is 2. The van der Waals surface area contributed by atoms with Crippen LogP contribution in [0.15, 0.2) is 0 Å². The fourth-order valence-electron chi connectivity index (χ4n) is 3.78. The summed E-state index contributed by atoms with van der Waals surface area (Å²) in [5, 5.41) is 15.0. The van der Waals surface area contributed by atoms with Crippen molar-refractivity contribution in [1.29, 1.82) is 10.8 Å². The minimum Gasteiger partial charge on any atom is -0.465 e. The Hall–Kier alpha value is -2.52. The number of rotatable bonds is 8. The second-order valence-electron chi connectivity index (χ2n) is 7.90. The fraction of sp³-hybridized carbons (Fsp3) is 0.789. The van der Waals surface area contributed by atoms with Gasteiger partial charge < -0.3 is 30.7 Å². The molecule has 0 aromatic carbocycles. The zero-order chi connectivity index (χ0) is 21.2. The minimum atomic E-state index is -0.317. The normalized spacial score (nSPS) is 22.1. The van der Waals surface area contributed by atoms with Gasteiger partial charge in [-0.25, -0.2) is 0 Å². The highest BCUT2D eigenvalue weighted by atomic mass is 16.5. The average Bonchev–Trinajstić information content (AvgIpc) is 2.71. The van der Waals surface area contributed by atoms with E-state index in [1.54, 1.807) is 9.80 Å². The van der Waals surface area contributed by atoms with Gasteiger partial charge in [-0.15, -0.1) is 0 Å². The Balaban J connectivity index is 1.54. The van der Waals surface area contributed by atoms with Gasteiger partial charge in [-0.3, -0.25) is 20.4 Å². The number of carbonyl (C=O) groups excluding carboxylic acids is 2. The molecule has 2 heterocycles. The van der Waals surface area contributed by atoms with Crippen LogP contribution in [0.5, 0.6) is 0 Å². The van der Waals surface area contributed by atoms with Crippen LogP contribution in [0.4, 0.5) is 0 Å². The predicted octanol–water partition coefficient (Wildman–Crippen LogP) is 0.454.